The molecule has 26 heavy (non-hydrogen) atoms. The lowest BCUT2D eigenvalue weighted by Crippen LogP contribution is -2.35. The van der Waals surface area contributed by atoms with Gasteiger partial charge in [-0.25, -0.2) is 4.98 Å². The van der Waals surface area contributed by atoms with Crippen molar-refractivity contribution in [3.63, 3.8) is 0 Å². The van der Waals surface area contributed by atoms with Gasteiger partial charge >= 0.3 is 0 Å². The Hall–Kier alpha value is -2.11. The lowest BCUT2D eigenvalue weighted by molar-refractivity contribution is 0.217. The molecule has 0 amide bonds. The van der Waals surface area contributed by atoms with Crippen molar-refractivity contribution in [1.82, 2.24) is 19.5 Å². The van der Waals surface area contributed by atoms with Crippen LogP contribution in [0.5, 0.6) is 0 Å². The number of aryl methyl sites for hydroxylation is 1. The zero-order valence-electron chi connectivity index (χ0n) is 15.2. The molecule has 1 aliphatic rings. The third-order valence-corrected chi connectivity index (χ3v) is 5.42. The third kappa shape index (κ3) is 3.41. The Kier molecular flexibility index (Phi) is 4.83. The number of benzene rings is 1. The Labute approximate surface area is 159 Å². The number of nitrogens with zero attached hydrogens (tertiary/aromatic N) is 4. The van der Waals surface area contributed by atoms with Crippen molar-refractivity contribution in [1.29, 1.82) is 0 Å². The Morgan fingerprint density at radius 3 is 2.96 bits per heavy atom. The van der Waals surface area contributed by atoms with E-state index in [1.54, 1.807) is 0 Å². The number of hydrogen-bond acceptors (Lipinski definition) is 4. The van der Waals surface area contributed by atoms with Crippen LogP contribution in [0.2, 0.25) is 5.02 Å². The molecule has 0 radical (unpaired) electrons. The van der Waals surface area contributed by atoms with Crippen molar-refractivity contribution < 1.29 is 0 Å². The zero-order valence-corrected chi connectivity index (χ0v) is 16.0. The maximum Gasteiger partial charge on any atom is 0.160 e. The van der Waals surface area contributed by atoms with Crippen LogP contribution in [-0.2, 0) is 0 Å². The molecule has 136 valence electrons. The number of fused-ring (bicyclic) bond motifs is 1. The van der Waals surface area contributed by atoms with Crippen LogP contribution in [0.4, 0.5) is 5.82 Å². The van der Waals surface area contributed by atoms with Crippen molar-refractivity contribution >= 4 is 23.1 Å². The minimum atomic E-state index is 0.650. The molecule has 1 aliphatic heterocycles. The number of halogens is 1. The van der Waals surface area contributed by atoms with Crippen molar-refractivity contribution in [3.05, 3.63) is 47.1 Å². The average Bonchev–Trinajstić information content (AvgIpc) is 3.01. The second kappa shape index (κ2) is 7.25. The van der Waals surface area contributed by atoms with Crippen LogP contribution in [0.3, 0.4) is 0 Å². The quantitative estimate of drug-likeness (QED) is 0.751. The van der Waals surface area contributed by atoms with Gasteiger partial charge in [-0.15, -0.1) is 0 Å². The van der Waals surface area contributed by atoms with Gasteiger partial charge < -0.3 is 10.2 Å². The third-order valence-electron chi connectivity index (χ3n) is 5.09. The maximum atomic E-state index is 6.40. The van der Waals surface area contributed by atoms with E-state index in [-0.39, 0.29) is 0 Å². The molecule has 1 unspecified atom stereocenters. The smallest absolute Gasteiger partial charge is 0.160 e. The number of rotatable bonds is 4. The first-order valence-electron chi connectivity index (χ1n) is 9.14. The van der Waals surface area contributed by atoms with Gasteiger partial charge in [-0.2, -0.15) is 9.61 Å². The fourth-order valence-corrected chi connectivity index (χ4v) is 3.93. The Bertz CT molecular complexity index is 920. The highest BCUT2D eigenvalue weighted by Gasteiger charge is 2.18. The normalized spacial score (nSPS) is 18.3. The van der Waals surface area contributed by atoms with Crippen LogP contribution in [0.25, 0.3) is 16.9 Å². The molecule has 1 N–H and O–H groups in total. The van der Waals surface area contributed by atoms with Crippen molar-refractivity contribution in [2.45, 2.75) is 19.8 Å². The molecule has 0 aliphatic carbocycles. The molecule has 4 rings (SSSR count). The molecular formula is C20H24ClN5. The standard InChI is InChI=1S/C20H24ClN5/c1-14-11-23-26-19(22-12-15-6-5-9-25(2)13-15)10-18(24-20(14)26)16-7-3-4-8-17(16)21/h3-4,7-8,10-11,15,22H,5-6,9,12-13H2,1-2H3. The summed E-state index contributed by atoms with van der Waals surface area (Å²) in [7, 11) is 2.20. The number of piperidine rings is 1. The highest BCUT2D eigenvalue weighted by Crippen LogP contribution is 2.29. The van der Waals surface area contributed by atoms with Gasteiger partial charge in [0.05, 0.1) is 11.9 Å². The Morgan fingerprint density at radius 1 is 1.31 bits per heavy atom. The number of hydrogen-bond donors (Lipinski definition) is 1. The largest absolute Gasteiger partial charge is 0.370 e. The van der Waals surface area contributed by atoms with Crippen molar-refractivity contribution in [2.75, 3.05) is 32.0 Å². The summed E-state index contributed by atoms with van der Waals surface area (Å²) in [5.74, 6) is 1.61. The van der Waals surface area contributed by atoms with Gasteiger partial charge in [-0.05, 0) is 45.3 Å². The lowest BCUT2D eigenvalue weighted by Gasteiger charge is -2.30. The first-order chi connectivity index (χ1) is 12.6. The molecule has 2 aromatic heterocycles. The first-order valence-corrected chi connectivity index (χ1v) is 9.52. The molecule has 5 nitrogen and oxygen atoms in total. The van der Waals surface area contributed by atoms with E-state index in [4.69, 9.17) is 16.6 Å². The van der Waals surface area contributed by atoms with Gasteiger partial charge in [0.15, 0.2) is 5.65 Å². The molecule has 1 saturated heterocycles. The van der Waals surface area contributed by atoms with Crippen LogP contribution in [0.1, 0.15) is 18.4 Å². The SMILES string of the molecule is Cc1cnn2c(NCC3CCCN(C)C3)cc(-c3ccccc3Cl)nc12. The molecule has 1 fully saturated rings. The number of nitrogens with one attached hydrogen (secondary N) is 1. The van der Waals surface area contributed by atoms with Crippen molar-refractivity contribution in [3.8, 4) is 11.3 Å². The Morgan fingerprint density at radius 2 is 2.15 bits per heavy atom. The van der Waals surface area contributed by atoms with Gasteiger partial charge in [0.2, 0.25) is 0 Å². The molecular weight excluding hydrogens is 346 g/mol. The van der Waals surface area contributed by atoms with Gasteiger partial charge in [-0.1, -0.05) is 29.8 Å². The van der Waals surface area contributed by atoms with Gasteiger partial charge in [0.1, 0.15) is 5.82 Å². The minimum absolute atomic E-state index is 0.650. The fraction of sp³-hybridized carbons (Fsp3) is 0.400. The van der Waals surface area contributed by atoms with E-state index in [1.165, 1.54) is 19.4 Å². The van der Waals surface area contributed by atoms with Crippen LogP contribution < -0.4 is 5.32 Å². The molecule has 1 aromatic carbocycles. The summed E-state index contributed by atoms with van der Waals surface area (Å²) in [5, 5.41) is 8.82. The molecule has 1 atom stereocenters. The molecule has 0 bridgehead atoms. The average molecular weight is 370 g/mol. The van der Waals surface area contributed by atoms with Crippen LogP contribution in [0.15, 0.2) is 36.5 Å². The second-order valence-electron chi connectivity index (χ2n) is 7.22. The summed E-state index contributed by atoms with van der Waals surface area (Å²) in [6.07, 6.45) is 4.39. The van der Waals surface area contributed by atoms with Crippen LogP contribution in [0, 0.1) is 12.8 Å². The molecule has 3 heterocycles. The predicted molar refractivity (Wildman–Crippen MR) is 107 cm³/mol. The summed E-state index contributed by atoms with van der Waals surface area (Å²) in [4.78, 5) is 7.21. The maximum absolute atomic E-state index is 6.40. The van der Waals surface area contributed by atoms with E-state index in [9.17, 15) is 0 Å². The molecule has 0 spiro atoms. The van der Waals surface area contributed by atoms with Gasteiger partial charge in [0.25, 0.3) is 0 Å². The van der Waals surface area contributed by atoms with Crippen LogP contribution >= 0.6 is 11.6 Å². The second-order valence-corrected chi connectivity index (χ2v) is 7.63. The van der Waals surface area contributed by atoms with E-state index < -0.39 is 0 Å². The monoisotopic (exact) mass is 369 g/mol. The molecule has 0 saturated carbocycles. The Balaban J connectivity index is 1.68. The summed E-state index contributed by atoms with van der Waals surface area (Å²) in [6, 6.07) is 9.88. The predicted octanol–water partition coefficient (Wildman–Crippen LogP) is 4.11. The number of anilines is 1. The van der Waals surface area contributed by atoms with Crippen molar-refractivity contribution in [2.24, 2.45) is 5.92 Å². The summed E-state index contributed by atoms with van der Waals surface area (Å²) in [6.45, 7) is 5.30. The van der Waals surface area contributed by atoms with Gasteiger partial charge in [0, 0.05) is 35.3 Å². The lowest BCUT2D eigenvalue weighted by atomic mass is 9.98. The van der Waals surface area contributed by atoms with E-state index in [1.807, 2.05) is 48.0 Å². The highest BCUT2D eigenvalue weighted by molar-refractivity contribution is 6.33. The summed E-state index contributed by atoms with van der Waals surface area (Å²) < 4.78 is 1.89. The summed E-state index contributed by atoms with van der Waals surface area (Å²) in [5.41, 5.74) is 3.73. The first kappa shape index (κ1) is 17.3. The molecule has 6 heteroatoms. The van der Waals surface area contributed by atoms with E-state index in [0.29, 0.717) is 10.9 Å². The molecule has 3 aromatic rings. The number of likely N-dealkylation sites (tertiary alicyclic amines) is 1. The number of aromatic nitrogens is 3. The van der Waals surface area contributed by atoms with Gasteiger partial charge in [-0.3, -0.25) is 0 Å². The fourth-order valence-electron chi connectivity index (χ4n) is 3.69. The summed E-state index contributed by atoms with van der Waals surface area (Å²) >= 11 is 6.40. The van der Waals surface area contributed by atoms with E-state index in [0.717, 1.165) is 41.4 Å². The van der Waals surface area contributed by atoms with E-state index in [2.05, 4.69) is 22.4 Å². The minimum Gasteiger partial charge on any atom is -0.370 e. The zero-order chi connectivity index (χ0) is 18.1. The highest BCUT2D eigenvalue weighted by atomic mass is 35.5. The topological polar surface area (TPSA) is 45.5 Å². The van der Waals surface area contributed by atoms with Crippen LogP contribution in [-0.4, -0.2) is 46.2 Å². The van der Waals surface area contributed by atoms with E-state index >= 15 is 0 Å².